The second-order valence-corrected chi connectivity index (χ2v) is 8.97. The summed E-state index contributed by atoms with van der Waals surface area (Å²) < 4.78 is 2.00. The summed E-state index contributed by atoms with van der Waals surface area (Å²) in [5.74, 6) is 2.65. The van der Waals surface area contributed by atoms with E-state index in [0.29, 0.717) is 18.6 Å². The third kappa shape index (κ3) is 8.44. The summed E-state index contributed by atoms with van der Waals surface area (Å²) in [5, 5.41) is 15.6. The molecule has 1 aromatic carbocycles. The number of aromatic nitrogens is 3. The molecule has 8 nitrogen and oxygen atoms in total. The molecule has 1 aliphatic rings. The molecule has 1 saturated heterocycles. The molecule has 33 heavy (non-hydrogen) atoms. The average molecular weight is 569 g/mol. The standard InChI is InChI=1S/C24H40N8.HI/c1-19(2)32-16-12-21(13-17-32)27-24(26-18-23-29-28-20(3)31(23)5)25-14-9-15-30(4)22-10-7-6-8-11-22;/h6-8,10-11,19,21H,9,12-18H2,1-5H3,(H2,25,26,27);1H. The zero-order valence-electron chi connectivity index (χ0n) is 20.8. The van der Waals surface area contributed by atoms with Crippen molar-refractivity contribution in [2.75, 3.05) is 38.1 Å². The van der Waals surface area contributed by atoms with Gasteiger partial charge in [0.1, 0.15) is 12.4 Å². The second-order valence-electron chi connectivity index (χ2n) is 8.97. The van der Waals surface area contributed by atoms with E-state index in [4.69, 9.17) is 4.99 Å². The first-order valence-corrected chi connectivity index (χ1v) is 11.8. The lowest BCUT2D eigenvalue weighted by atomic mass is 10.0. The van der Waals surface area contributed by atoms with Gasteiger partial charge in [-0.1, -0.05) is 18.2 Å². The van der Waals surface area contributed by atoms with Gasteiger partial charge in [0.05, 0.1) is 0 Å². The minimum absolute atomic E-state index is 0. The van der Waals surface area contributed by atoms with Gasteiger partial charge in [0.15, 0.2) is 11.8 Å². The molecule has 1 aliphatic heterocycles. The van der Waals surface area contributed by atoms with Crippen molar-refractivity contribution in [1.82, 2.24) is 30.3 Å². The molecule has 3 rings (SSSR count). The molecule has 0 amide bonds. The predicted octanol–water partition coefficient (Wildman–Crippen LogP) is 3.18. The van der Waals surface area contributed by atoms with Crippen LogP contribution in [0, 0.1) is 6.92 Å². The Bertz CT molecular complexity index is 843. The van der Waals surface area contributed by atoms with Crippen LogP contribution in [0.4, 0.5) is 5.69 Å². The minimum Gasteiger partial charge on any atom is -0.375 e. The van der Waals surface area contributed by atoms with Gasteiger partial charge in [0, 0.05) is 58.0 Å². The van der Waals surface area contributed by atoms with Gasteiger partial charge in [-0.25, -0.2) is 4.99 Å². The van der Waals surface area contributed by atoms with Crippen LogP contribution in [0.25, 0.3) is 0 Å². The molecule has 1 fully saturated rings. The maximum absolute atomic E-state index is 4.84. The van der Waals surface area contributed by atoms with E-state index in [9.17, 15) is 0 Å². The van der Waals surface area contributed by atoms with Crippen molar-refractivity contribution < 1.29 is 0 Å². The molecule has 2 N–H and O–H groups in total. The number of aryl methyl sites for hydroxylation is 1. The molecule has 2 aromatic rings. The highest BCUT2D eigenvalue weighted by Gasteiger charge is 2.21. The van der Waals surface area contributed by atoms with E-state index in [-0.39, 0.29) is 24.0 Å². The van der Waals surface area contributed by atoms with E-state index >= 15 is 0 Å². The van der Waals surface area contributed by atoms with Gasteiger partial charge < -0.3 is 25.0 Å². The first-order valence-electron chi connectivity index (χ1n) is 11.8. The summed E-state index contributed by atoms with van der Waals surface area (Å²) in [6.45, 7) is 11.1. The zero-order chi connectivity index (χ0) is 22.9. The molecule has 0 atom stereocenters. The van der Waals surface area contributed by atoms with Crippen LogP contribution in [-0.2, 0) is 13.6 Å². The predicted molar refractivity (Wildman–Crippen MR) is 147 cm³/mol. The number of hydrogen-bond acceptors (Lipinski definition) is 5. The van der Waals surface area contributed by atoms with Crippen molar-refractivity contribution in [2.45, 2.75) is 58.7 Å². The number of hydrogen-bond donors (Lipinski definition) is 2. The maximum Gasteiger partial charge on any atom is 0.191 e. The number of benzene rings is 1. The zero-order valence-corrected chi connectivity index (χ0v) is 23.1. The Morgan fingerprint density at radius 2 is 1.88 bits per heavy atom. The number of piperidine rings is 1. The van der Waals surface area contributed by atoms with Crippen LogP contribution in [0.2, 0.25) is 0 Å². The summed E-state index contributed by atoms with van der Waals surface area (Å²) in [5.41, 5.74) is 1.24. The van der Waals surface area contributed by atoms with E-state index in [1.165, 1.54) is 5.69 Å². The Kier molecular flexibility index (Phi) is 11.4. The lowest BCUT2D eigenvalue weighted by Gasteiger charge is -2.35. The summed E-state index contributed by atoms with van der Waals surface area (Å²) in [4.78, 5) is 9.67. The quantitative estimate of drug-likeness (QED) is 0.210. The maximum atomic E-state index is 4.84. The molecule has 0 saturated carbocycles. The van der Waals surface area contributed by atoms with Crippen LogP contribution in [0.3, 0.4) is 0 Å². The largest absolute Gasteiger partial charge is 0.375 e. The van der Waals surface area contributed by atoms with Gasteiger partial charge in [0.25, 0.3) is 0 Å². The number of anilines is 1. The molecule has 0 unspecified atom stereocenters. The minimum atomic E-state index is 0. The van der Waals surface area contributed by atoms with Crippen LogP contribution >= 0.6 is 24.0 Å². The highest BCUT2D eigenvalue weighted by Crippen LogP contribution is 2.13. The van der Waals surface area contributed by atoms with Crippen molar-refractivity contribution >= 4 is 35.6 Å². The lowest BCUT2D eigenvalue weighted by molar-refractivity contribution is 0.167. The van der Waals surface area contributed by atoms with Crippen LogP contribution in [0.15, 0.2) is 35.3 Å². The molecular formula is C24H41IN8. The highest BCUT2D eigenvalue weighted by atomic mass is 127. The summed E-state index contributed by atoms with van der Waals surface area (Å²) in [6.07, 6.45) is 3.30. The monoisotopic (exact) mass is 568 g/mol. The molecule has 0 bridgehead atoms. The molecule has 1 aromatic heterocycles. The molecule has 0 spiro atoms. The normalized spacial score (nSPS) is 15.4. The van der Waals surface area contributed by atoms with E-state index < -0.39 is 0 Å². The third-order valence-electron chi connectivity index (χ3n) is 6.32. The van der Waals surface area contributed by atoms with Crippen LogP contribution in [0.1, 0.15) is 44.8 Å². The Hall–Kier alpha value is -1.88. The van der Waals surface area contributed by atoms with Crippen LogP contribution < -0.4 is 15.5 Å². The number of aliphatic imine (C=N–C) groups is 1. The number of para-hydroxylation sites is 1. The topological polar surface area (TPSA) is 73.6 Å². The van der Waals surface area contributed by atoms with Gasteiger partial charge in [-0.3, -0.25) is 0 Å². The smallest absolute Gasteiger partial charge is 0.191 e. The van der Waals surface area contributed by atoms with Gasteiger partial charge in [-0.15, -0.1) is 34.2 Å². The fourth-order valence-corrected chi connectivity index (χ4v) is 3.98. The molecule has 9 heteroatoms. The van der Waals surface area contributed by atoms with Gasteiger partial charge in [0.2, 0.25) is 0 Å². The Labute approximate surface area is 216 Å². The van der Waals surface area contributed by atoms with E-state index in [1.54, 1.807) is 0 Å². The highest BCUT2D eigenvalue weighted by molar-refractivity contribution is 14.0. The first-order chi connectivity index (χ1) is 15.4. The SMILES string of the molecule is Cc1nnc(CN=C(NCCCN(C)c2ccccc2)NC2CCN(C(C)C)CC2)n1C.I. The van der Waals surface area contributed by atoms with Gasteiger partial charge >= 0.3 is 0 Å². The molecule has 184 valence electrons. The second kappa shape index (κ2) is 13.7. The number of nitrogens with one attached hydrogen (secondary N) is 2. The van der Waals surface area contributed by atoms with Gasteiger partial charge in [-0.2, -0.15) is 0 Å². The Balaban J connectivity index is 0.00000385. The Morgan fingerprint density at radius 1 is 1.18 bits per heavy atom. The number of rotatable bonds is 9. The fraction of sp³-hybridized carbons (Fsp3) is 0.625. The number of likely N-dealkylation sites (tertiary alicyclic amines) is 1. The van der Waals surface area contributed by atoms with Crippen molar-refractivity contribution in [2.24, 2.45) is 12.0 Å². The number of nitrogens with zero attached hydrogens (tertiary/aromatic N) is 6. The summed E-state index contributed by atoms with van der Waals surface area (Å²) >= 11 is 0. The van der Waals surface area contributed by atoms with Crippen molar-refractivity contribution in [3.05, 3.63) is 42.0 Å². The van der Waals surface area contributed by atoms with E-state index in [2.05, 4.69) is 81.9 Å². The van der Waals surface area contributed by atoms with E-state index in [1.807, 2.05) is 18.5 Å². The van der Waals surface area contributed by atoms with Crippen molar-refractivity contribution in [3.8, 4) is 0 Å². The average Bonchev–Trinajstić information content (AvgIpc) is 3.13. The first kappa shape index (κ1) is 27.4. The lowest BCUT2D eigenvalue weighted by Crippen LogP contribution is -2.50. The summed E-state index contributed by atoms with van der Waals surface area (Å²) in [6, 6.07) is 11.6. The molecule has 0 aliphatic carbocycles. The fourth-order valence-electron chi connectivity index (χ4n) is 3.98. The van der Waals surface area contributed by atoms with Crippen molar-refractivity contribution in [1.29, 1.82) is 0 Å². The number of halogens is 1. The van der Waals surface area contributed by atoms with Crippen LogP contribution in [-0.4, -0.2) is 70.9 Å². The molecular weight excluding hydrogens is 527 g/mol. The Morgan fingerprint density at radius 3 is 2.48 bits per heavy atom. The molecule has 2 heterocycles. The van der Waals surface area contributed by atoms with Crippen LogP contribution in [0.5, 0.6) is 0 Å². The van der Waals surface area contributed by atoms with Gasteiger partial charge in [-0.05, 0) is 52.2 Å². The summed E-state index contributed by atoms with van der Waals surface area (Å²) in [7, 11) is 4.13. The van der Waals surface area contributed by atoms with Crippen molar-refractivity contribution in [3.63, 3.8) is 0 Å². The number of guanidine groups is 1. The van der Waals surface area contributed by atoms with E-state index in [0.717, 1.165) is 63.0 Å². The third-order valence-corrected chi connectivity index (χ3v) is 6.32. The molecule has 0 radical (unpaired) electrons.